The van der Waals surface area contributed by atoms with Crippen LogP contribution in [0.25, 0.3) is 0 Å². The lowest BCUT2D eigenvalue weighted by atomic mass is 9.97. The zero-order chi connectivity index (χ0) is 10.2. The van der Waals surface area contributed by atoms with E-state index in [0.29, 0.717) is 12.8 Å². The van der Waals surface area contributed by atoms with Crippen molar-refractivity contribution in [2.24, 2.45) is 5.73 Å². The van der Waals surface area contributed by atoms with Crippen molar-refractivity contribution in [2.45, 2.75) is 45.2 Å². The molecule has 2 amide bonds. The van der Waals surface area contributed by atoms with E-state index >= 15 is 0 Å². The molecule has 1 unspecified atom stereocenters. The van der Waals surface area contributed by atoms with Crippen LogP contribution in [0.1, 0.15) is 33.6 Å². The highest BCUT2D eigenvalue weighted by Gasteiger charge is 2.38. The van der Waals surface area contributed by atoms with Gasteiger partial charge in [0.1, 0.15) is 0 Å². The highest BCUT2D eigenvalue weighted by Crippen LogP contribution is 2.21. The van der Waals surface area contributed by atoms with E-state index in [9.17, 15) is 9.59 Å². The third-order valence-electron chi connectivity index (χ3n) is 2.13. The average Bonchev–Trinajstić information content (AvgIpc) is 1.95. The summed E-state index contributed by atoms with van der Waals surface area (Å²) < 4.78 is 0. The smallest absolute Gasteiger partial charge is 0.246 e. The molecule has 74 valence electrons. The van der Waals surface area contributed by atoms with Gasteiger partial charge in [-0.15, -0.1) is 0 Å². The predicted octanol–water partition coefficient (Wildman–Crippen LogP) is 0.261. The Kier molecular flexibility index (Phi) is 2.43. The highest BCUT2D eigenvalue weighted by molar-refractivity contribution is 6.01. The van der Waals surface area contributed by atoms with E-state index in [0.717, 1.165) is 0 Å². The van der Waals surface area contributed by atoms with E-state index in [2.05, 4.69) is 0 Å². The molecule has 0 aromatic carbocycles. The fourth-order valence-electron chi connectivity index (χ4n) is 1.51. The molecule has 0 spiro atoms. The molecule has 4 nitrogen and oxygen atoms in total. The number of carbonyl (C=O) groups excluding carboxylic acids is 2. The summed E-state index contributed by atoms with van der Waals surface area (Å²) >= 11 is 0. The van der Waals surface area contributed by atoms with Crippen molar-refractivity contribution in [3.8, 4) is 0 Å². The van der Waals surface area contributed by atoms with Gasteiger partial charge in [-0.25, -0.2) is 0 Å². The van der Waals surface area contributed by atoms with Crippen LogP contribution in [0, 0.1) is 0 Å². The van der Waals surface area contributed by atoms with Crippen LogP contribution in [0.3, 0.4) is 0 Å². The molecule has 0 saturated carbocycles. The first-order chi connectivity index (χ1) is 5.84. The minimum Gasteiger partial charge on any atom is -0.320 e. The van der Waals surface area contributed by atoms with Crippen LogP contribution in [0.2, 0.25) is 0 Å². The minimum atomic E-state index is -0.503. The Hall–Kier alpha value is -0.900. The molecule has 1 fully saturated rings. The van der Waals surface area contributed by atoms with E-state index in [-0.39, 0.29) is 11.8 Å². The normalized spacial score (nSPS) is 25.2. The van der Waals surface area contributed by atoms with Crippen molar-refractivity contribution in [2.75, 3.05) is 0 Å². The Morgan fingerprint density at radius 1 is 1.38 bits per heavy atom. The van der Waals surface area contributed by atoms with Gasteiger partial charge < -0.3 is 5.73 Å². The molecular weight excluding hydrogens is 168 g/mol. The number of likely N-dealkylation sites (tertiary alicyclic amines) is 1. The van der Waals surface area contributed by atoms with Crippen LogP contribution in [0.15, 0.2) is 0 Å². The lowest BCUT2D eigenvalue weighted by Crippen LogP contribution is -2.58. The van der Waals surface area contributed by atoms with Crippen molar-refractivity contribution >= 4 is 11.8 Å². The highest BCUT2D eigenvalue weighted by atomic mass is 16.2. The van der Waals surface area contributed by atoms with Crippen LogP contribution in [-0.2, 0) is 9.59 Å². The van der Waals surface area contributed by atoms with Gasteiger partial charge in [0.05, 0.1) is 6.04 Å². The summed E-state index contributed by atoms with van der Waals surface area (Å²) in [4.78, 5) is 24.3. The zero-order valence-electron chi connectivity index (χ0n) is 8.33. The van der Waals surface area contributed by atoms with Crippen LogP contribution in [0.5, 0.6) is 0 Å². The van der Waals surface area contributed by atoms with E-state index in [1.165, 1.54) is 4.90 Å². The van der Waals surface area contributed by atoms with Gasteiger partial charge >= 0.3 is 0 Å². The number of piperidine rings is 1. The Morgan fingerprint density at radius 2 is 1.92 bits per heavy atom. The quantitative estimate of drug-likeness (QED) is 0.549. The summed E-state index contributed by atoms with van der Waals surface area (Å²) in [6, 6.07) is -0.503. The largest absolute Gasteiger partial charge is 0.320 e. The number of imide groups is 1. The van der Waals surface area contributed by atoms with E-state index in [4.69, 9.17) is 5.73 Å². The number of amides is 2. The van der Waals surface area contributed by atoms with Gasteiger partial charge in [0.2, 0.25) is 11.8 Å². The van der Waals surface area contributed by atoms with Gasteiger partial charge in [-0.05, 0) is 27.2 Å². The Bertz CT molecular complexity index is 242. The second-order valence-electron chi connectivity index (χ2n) is 4.38. The van der Waals surface area contributed by atoms with Crippen LogP contribution >= 0.6 is 0 Å². The van der Waals surface area contributed by atoms with Gasteiger partial charge in [-0.3, -0.25) is 14.5 Å². The van der Waals surface area contributed by atoms with Crippen molar-refractivity contribution in [1.82, 2.24) is 4.90 Å². The lowest BCUT2D eigenvalue weighted by molar-refractivity contribution is -0.154. The van der Waals surface area contributed by atoms with Crippen molar-refractivity contribution in [1.29, 1.82) is 0 Å². The van der Waals surface area contributed by atoms with E-state index < -0.39 is 11.6 Å². The molecule has 1 aliphatic heterocycles. The Balaban J connectivity index is 2.91. The summed E-state index contributed by atoms with van der Waals surface area (Å²) in [6.07, 6.45) is 0.856. The van der Waals surface area contributed by atoms with Gasteiger partial charge in [-0.2, -0.15) is 0 Å². The monoisotopic (exact) mass is 184 g/mol. The fraction of sp³-hybridized carbons (Fsp3) is 0.778. The summed E-state index contributed by atoms with van der Waals surface area (Å²) in [5.74, 6) is -0.358. The fourth-order valence-corrected chi connectivity index (χ4v) is 1.51. The first kappa shape index (κ1) is 10.2. The van der Waals surface area contributed by atoms with Crippen molar-refractivity contribution in [3.05, 3.63) is 0 Å². The third-order valence-corrected chi connectivity index (χ3v) is 2.13. The number of nitrogens with two attached hydrogens (primary N) is 1. The molecule has 1 rings (SSSR count). The molecule has 1 aliphatic rings. The number of carbonyl (C=O) groups is 2. The molecule has 13 heavy (non-hydrogen) atoms. The zero-order valence-corrected chi connectivity index (χ0v) is 8.33. The van der Waals surface area contributed by atoms with Gasteiger partial charge in [0.25, 0.3) is 0 Å². The minimum absolute atomic E-state index is 0.112. The summed E-state index contributed by atoms with van der Waals surface area (Å²) in [5, 5.41) is 0. The topological polar surface area (TPSA) is 63.4 Å². The molecular formula is C9H16N2O2. The maximum Gasteiger partial charge on any atom is 0.246 e. The average molecular weight is 184 g/mol. The number of hydrogen-bond acceptors (Lipinski definition) is 3. The second-order valence-corrected chi connectivity index (χ2v) is 4.38. The van der Waals surface area contributed by atoms with Gasteiger partial charge in [0, 0.05) is 12.0 Å². The van der Waals surface area contributed by atoms with Gasteiger partial charge in [-0.1, -0.05) is 0 Å². The predicted molar refractivity (Wildman–Crippen MR) is 48.8 cm³/mol. The molecule has 0 aromatic heterocycles. The molecule has 0 aromatic rings. The molecule has 0 aliphatic carbocycles. The van der Waals surface area contributed by atoms with E-state index in [1.807, 2.05) is 20.8 Å². The van der Waals surface area contributed by atoms with Crippen molar-refractivity contribution in [3.63, 3.8) is 0 Å². The van der Waals surface area contributed by atoms with Crippen LogP contribution in [-0.4, -0.2) is 28.3 Å². The summed E-state index contributed by atoms with van der Waals surface area (Å²) in [6.45, 7) is 5.50. The molecule has 0 bridgehead atoms. The van der Waals surface area contributed by atoms with Crippen molar-refractivity contribution < 1.29 is 9.59 Å². The number of nitrogens with zero attached hydrogens (tertiary/aromatic N) is 1. The first-order valence-corrected chi connectivity index (χ1v) is 4.46. The molecule has 4 heteroatoms. The molecule has 0 radical (unpaired) electrons. The third kappa shape index (κ3) is 1.88. The van der Waals surface area contributed by atoms with E-state index in [1.54, 1.807) is 0 Å². The second kappa shape index (κ2) is 3.10. The maximum atomic E-state index is 11.6. The standard InChI is InChI=1S/C9H16N2O2/c1-9(2,3)11-7(12)5-4-6(10)8(11)13/h6H,4-5,10H2,1-3H3. The maximum absolute atomic E-state index is 11.6. The lowest BCUT2D eigenvalue weighted by Gasteiger charge is -2.38. The number of rotatable bonds is 0. The summed E-state index contributed by atoms with van der Waals surface area (Å²) in [7, 11) is 0. The SMILES string of the molecule is CC(C)(C)N1C(=O)CCC(N)C1=O. The van der Waals surface area contributed by atoms with Crippen LogP contribution in [0.4, 0.5) is 0 Å². The molecule has 2 N–H and O–H groups in total. The molecule has 1 saturated heterocycles. The number of hydrogen-bond donors (Lipinski definition) is 1. The first-order valence-electron chi connectivity index (χ1n) is 4.46. The molecule has 1 heterocycles. The van der Waals surface area contributed by atoms with Crippen LogP contribution < -0.4 is 5.73 Å². The summed E-state index contributed by atoms with van der Waals surface area (Å²) in [5.41, 5.74) is 5.13. The Morgan fingerprint density at radius 3 is 2.31 bits per heavy atom. The molecule has 1 atom stereocenters. The van der Waals surface area contributed by atoms with Gasteiger partial charge in [0.15, 0.2) is 0 Å². The Labute approximate surface area is 78.1 Å².